The predicted octanol–water partition coefficient (Wildman–Crippen LogP) is 2.42. The molecule has 6 heteroatoms. The number of carbonyl (C=O) groups is 2. The number of aryl methyl sites for hydroxylation is 1. The fourth-order valence-corrected chi connectivity index (χ4v) is 4.74. The minimum Gasteiger partial charge on any atom is -0.333 e. The van der Waals surface area contributed by atoms with Gasteiger partial charge < -0.3 is 9.69 Å². The Bertz CT molecular complexity index is 624. The molecule has 27 heavy (non-hydrogen) atoms. The van der Waals surface area contributed by atoms with Crippen LogP contribution >= 0.6 is 0 Å². The van der Waals surface area contributed by atoms with Crippen molar-refractivity contribution >= 4 is 12.2 Å². The van der Waals surface area contributed by atoms with Gasteiger partial charge in [0.2, 0.25) is 5.91 Å². The zero-order valence-electron chi connectivity index (χ0n) is 15.9. The molecule has 1 aromatic rings. The summed E-state index contributed by atoms with van der Waals surface area (Å²) in [5, 5.41) is 12.1. The molecule has 0 aromatic heterocycles. The molecule has 0 radical (unpaired) electrons. The molecule has 6 nitrogen and oxygen atoms in total. The molecule has 1 heterocycles. The normalized spacial score (nSPS) is 26.6. The molecule has 2 aliphatic rings. The second kappa shape index (κ2) is 9.44. The van der Waals surface area contributed by atoms with E-state index in [1.165, 1.54) is 5.56 Å². The Labute approximate surface area is 160 Å². The first-order chi connectivity index (χ1) is 13.1. The lowest BCUT2D eigenvalue weighted by molar-refractivity contribution is -0.250. The molecular formula is C21H30N2O4. The molecule has 1 saturated carbocycles. The van der Waals surface area contributed by atoms with Gasteiger partial charge in [0.1, 0.15) is 12.9 Å². The third-order valence-electron chi connectivity index (χ3n) is 6.05. The molecule has 5 atom stereocenters. The highest BCUT2D eigenvalue weighted by Gasteiger charge is 2.46. The maximum Gasteiger partial charge on any atom is 0.240 e. The zero-order valence-corrected chi connectivity index (χ0v) is 15.9. The van der Waals surface area contributed by atoms with Gasteiger partial charge in [0.25, 0.3) is 0 Å². The Morgan fingerprint density at radius 1 is 1.37 bits per heavy atom. The van der Waals surface area contributed by atoms with Gasteiger partial charge >= 0.3 is 0 Å². The lowest BCUT2D eigenvalue weighted by Gasteiger charge is -2.32. The molecule has 1 saturated heterocycles. The minimum atomic E-state index is -0.448. The first-order valence-corrected chi connectivity index (χ1v) is 9.97. The third kappa shape index (κ3) is 4.75. The van der Waals surface area contributed by atoms with Crippen molar-refractivity contribution < 1.29 is 19.7 Å². The van der Waals surface area contributed by atoms with Crippen LogP contribution in [0.15, 0.2) is 30.3 Å². The molecule has 0 spiro atoms. The number of fused-ring (bicyclic) bond motifs is 1. The number of aldehydes is 1. The summed E-state index contributed by atoms with van der Waals surface area (Å²) in [4.78, 5) is 30.9. The zero-order chi connectivity index (χ0) is 19.2. The van der Waals surface area contributed by atoms with E-state index in [4.69, 9.17) is 5.26 Å². The van der Waals surface area contributed by atoms with Crippen molar-refractivity contribution in [3.05, 3.63) is 35.9 Å². The number of nitrogens with zero attached hydrogens (tertiary/aromatic N) is 1. The summed E-state index contributed by atoms with van der Waals surface area (Å²) in [7, 11) is 0. The van der Waals surface area contributed by atoms with Crippen LogP contribution in [0.4, 0.5) is 0 Å². The average Bonchev–Trinajstić information content (AvgIpc) is 3.26. The fourth-order valence-electron chi connectivity index (χ4n) is 4.74. The van der Waals surface area contributed by atoms with E-state index in [1.54, 1.807) is 0 Å². The molecule has 1 amide bonds. The summed E-state index contributed by atoms with van der Waals surface area (Å²) < 4.78 is 0. The fraction of sp³-hybridized carbons (Fsp3) is 0.619. The van der Waals surface area contributed by atoms with Gasteiger partial charge in [0.05, 0.1) is 18.1 Å². The van der Waals surface area contributed by atoms with Crippen LogP contribution in [0.5, 0.6) is 0 Å². The number of likely N-dealkylation sites (tertiary alicyclic amines) is 1. The standard InChI is InChI=1S/C21H30N2O4/c1-15(22-18(13-24)11-10-16-6-3-2-4-7-16)21(25)23-19(14-27-26)12-17-8-5-9-20(17)23/h2-4,6-7,13,15,17-20,22,26H,5,8-12,14H2,1H3/t15?,17?,18-,19?,20?/m0/s1. The van der Waals surface area contributed by atoms with Gasteiger partial charge in [-0.15, -0.1) is 0 Å². The van der Waals surface area contributed by atoms with Gasteiger partial charge in [-0.05, 0) is 50.5 Å². The molecule has 1 aliphatic heterocycles. The Hall–Kier alpha value is -1.76. The summed E-state index contributed by atoms with van der Waals surface area (Å²) in [6.45, 7) is 1.97. The van der Waals surface area contributed by atoms with Crippen LogP contribution in [0.1, 0.15) is 44.6 Å². The number of hydrogen-bond donors (Lipinski definition) is 2. The lowest BCUT2D eigenvalue weighted by Crippen LogP contribution is -2.53. The number of nitrogens with one attached hydrogen (secondary N) is 1. The Morgan fingerprint density at radius 2 is 2.15 bits per heavy atom. The van der Waals surface area contributed by atoms with Gasteiger partial charge in [-0.2, -0.15) is 0 Å². The summed E-state index contributed by atoms with van der Waals surface area (Å²) >= 11 is 0. The largest absolute Gasteiger partial charge is 0.333 e. The number of benzene rings is 1. The van der Waals surface area contributed by atoms with Gasteiger partial charge in [-0.1, -0.05) is 36.8 Å². The van der Waals surface area contributed by atoms with Crippen LogP contribution < -0.4 is 5.32 Å². The monoisotopic (exact) mass is 374 g/mol. The molecular weight excluding hydrogens is 344 g/mol. The van der Waals surface area contributed by atoms with Crippen molar-refractivity contribution in [1.82, 2.24) is 10.2 Å². The highest BCUT2D eigenvalue weighted by Crippen LogP contribution is 2.41. The number of carbonyl (C=O) groups excluding carboxylic acids is 2. The minimum absolute atomic E-state index is 0.00184. The predicted molar refractivity (Wildman–Crippen MR) is 102 cm³/mol. The van der Waals surface area contributed by atoms with E-state index in [2.05, 4.69) is 10.2 Å². The molecule has 0 bridgehead atoms. The van der Waals surface area contributed by atoms with E-state index >= 15 is 0 Å². The van der Waals surface area contributed by atoms with E-state index in [0.29, 0.717) is 12.3 Å². The number of amides is 1. The van der Waals surface area contributed by atoms with Crippen molar-refractivity contribution in [2.24, 2.45) is 5.92 Å². The van der Waals surface area contributed by atoms with Crippen molar-refractivity contribution in [2.75, 3.05) is 6.61 Å². The third-order valence-corrected chi connectivity index (χ3v) is 6.05. The van der Waals surface area contributed by atoms with Crippen LogP contribution in [-0.4, -0.2) is 53.1 Å². The van der Waals surface area contributed by atoms with Gasteiger partial charge in [0.15, 0.2) is 0 Å². The van der Waals surface area contributed by atoms with Gasteiger partial charge in [-0.25, -0.2) is 4.89 Å². The van der Waals surface area contributed by atoms with E-state index in [0.717, 1.165) is 38.4 Å². The topological polar surface area (TPSA) is 78.9 Å². The van der Waals surface area contributed by atoms with Crippen molar-refractivity contribution in [1.29, 1.82) is 0 Å². The molecule has 1 aliphatic carbocycles. The van der Waals surface area contributed by atoms with Crippen molar-refractivity contribution in [3.63, 3.8) is 0 Å². The molecule has 1 aromatic carbocycles. The highest BCUT2D eigenvalue weighted by molar-refractivity contribution is 5.83. The van der Waals surface area contributed by atoms with Gasteiger partial charge in [0, 0.05) is 6.04 Å². The first-order valence-electron chi connectivity index (χ1n) is 9.97. The smallest absolute Gasteiger partial charge is 0.240 e. The molecule has 4 unspecified atom stereocenters. The number of hydrogen-bond acceptors (Lipinski definition) is 5. The maximum absolute atomic E-state index is 13.1. The highest BCUT2D eigenvalue weighted by atomic mass is 17.1. The van der Waals surface area contributed by atoms with E-state index in [9.17, 15) is 9.59 Å². The van der Waals surface area contributed by atoms with Crippen LogP contribution in [-0.2, 0) is 20.9 Å². The second-order valence-corrected chi connectivity index (χ2v) is 7.84. The van der Waals surface area contributed by atoms with E-state index < -0.39 is 6.04 Å². The van der Waals surface area contributed by atoms with Crippen molar-refractivity contribution in [3.8, 4) is 0 Å². The molecule has 2 N–H and O–H groups in total. The van der Waals surface area contributed by atoms with Crippen LogP contribution in [0, 0.1) is 5.92 Å². The van der Waals surface area contributed by atoms with E-state index in [-0.39, 0.29) is 30.6 Å². The summed E-state index contributed by atoms with van der Waals surface area (Å²) in [6.07, 6.45) is 6.50. The van der Waals surface area contributed by atoms with Crippen molar-refractivity contribution in [2.45, 2.75) is 69.6 Å². The Kier molecular flexibility index (Phi) is 6.99. The van der Waals surface area contributed by atoms with Crippen LogP contribution in [0.3, 0.4) is 0 Å². The Morgan fingerprint density at radius 3 is 2.85 bits per heavy atom. The lowest BCUT2D eigenvalue weighted by atomic mass is 10.0. The summed E-state index contributed by atoms with van der Waals surface area (Å²) in [5.41, 5.74) is 1.18. The van der Waals surface area contributed by atoms with E-state index in [1.807, 2.05) is 42.2 Å². The van der Waals surface area contributed by atoms with Crippen LogP contribution in [0.2, 0.25) is 0 Å². The van der Waals surface area contributed by atoms with Crippen LogP contribution in [0.25, 0.3) is 0 Å². The molecule has 3 rings (SSSR count). The average molecular weight is 374 g/mol. The summed E-state index contributed by atoms with van der Waals surface area (Å²) in [6, 6.07) is 9.37. The maximum atomic E-state index is 13.1. The Balaban J connectivity index is 1.58. The molecule has 2 fully saturated rings. The number of rotatable bonds is 9. The first kappa shape index (κ1) is 20.0. The van der Waals surface area contributed by atoms with Gasteiger partial charge in [-0.3, -0.25) is 15.4 Å². The SMILES string of the molecule is CC(N[C@H](C=O)CCc1ccccc1)C(=O)N1C(COO)CC2CCCC21. The quantitative estimate of drug-likeness (QED) is 0.394. The summed E-state index contributed by atoms with van der Waals surface area (Å²) in [5.74, 6) is 0.499. The molecule has 148 valence electrons. The second-order valence-electron chi connectivity index (χ2n) is 7.84.